The van der Waals surface area contributed by atoms with Crippen LogP contribution in [0.2, 0.25) is 0 Å². The maximum Gasteiger partial charge on any atom is 0.225 e. The van der Waals surface area contributed by atoms with Gasteiger partial charge in [0.2, 0.25) is 5.91 Å². The monoisotopic (exact) mass is 370 g/mol. The summed E-state index contributed by atoms with van der Waals surface area (Å²) in [5.74, 6) is 1.52. The van der Waals surface area contributed by atoms with Crippen molar-refractivity contribution < 1.29 is 13.9 Å². The Labute approximate surface area is 157 Å². The lowest BCUT2D eigenvalue weighted by atomic mass is 10.2. The molecule has 0 saturated carbocycles. The lowest BCUT2D eigenvalue weighted by Gasteiger charge is -2.20. The number of hydrogen-bond acceptors (Lipinski definition) is 5. The van der Waals surface area contributed by atoms with Crippen molar-refractivity contribution in [3.05, 3.63) is 70.8 Å². The summed E-state index contributed by atoms with van der Waals surface area (Å²) in [5, 5.41) is 4.99. The van der Waals surface area contributed by atoms with E-state index in [1.807, 2.05) is 42.5 Å². The van der Waals surface area contributed by atoms with Crippen molar-refractivity contribution in [1.82, 2.24) is 4.90 Å². The molecule has 0 saturated heterocycles. The summed E-state index contributed by atoms with van der Waals surface area (Å²) in [7, 11) is 1.59. The molecule has 2 aromatic heterocycles. The predicted octanol–water partition coefficient (Wildman–Crippen LogP) is 4.38. The second-order valence-corrected chi connectivity index (χ2v) is 6.90. The van der Waals surface area contributed by atoms with Gasteiger partial charge in [-0.1, -0.05) is 18.2 Å². The zero-order chi connectivity index (χ0) is 18.2. The van der Waals surface area contributed by atoms with Crippen molar-refractivity contribution >= 4 is 22.9 Å². The molecular weight excluding hydrogens is 348 g/mol. The second-order valence-electron chi connectivity index (χ2n) is 5.87. The van der Waals surface area contributed by atoms with Crippen molar-refractivity contribution in [2.45, 2.75) is 19.5 Å². The molecule has 0 bridgehead atoms. The largest absolute Gasteiger partial charge is 0.495 e. The second kappa shape index (κ2) is 9.22. The standard InChI is InChI=1S/C20H22N2O3S/c1-24-19-9-3-2-8-18(19)21-20(23)10-11-22(14-16-6-4-12-25-16)15-17-7-5-13-26-17/h2-9,12-13H,10-11,14-15H2,1H3,(H,21,23). The minimum absolute atomic E-state index is 0.0369. The van der Waals surface area contributed by atoms with Gasteiger partial charge in [-0.3, -0.25) is 9.69 Å². The number of amides is 1. The number of ether oxygens (including phenoxy) is 1. The molecule has 1 amide bonds. The first kappa shape index (κ1) is 18.2. The number of carbonyl (C=O) groups excluding carboxylic acids is 1. The molecule has 1 aromatic carbocycles. The Morgan fingerprint density at radius 1 is 1.15 bits per heavy atom. The van der Waals surface area contributed by atoms with Gasteiger partial charge in [0.15, 0.2) is 0 Å². The molecule has 0 radical (unpaired) electrons. The number of methoxy groups -OCH3 is 1. The predicted molar refractivity (Wildman–Crippen MR) is 103 cm³/mol. The quantitative estimate of drug-likeness (QED) is 0.607. The van der Waals surface area contributed by atoms with Gasteiger partial charge in [0.1, 0.15) is 11.5 Å². The van der Waals surface area contributed by atoms with Gasteiger partial charge in [0, 0.05) is 24.4 Å². The Hall–Kier alpha value is -2.57. The zero-order valence-corrected chi connectivity index (χ0v) is 15.5. The molecule has 0 aliphatic rings. The first-order valence-electron chi connectivity index (χ1n) is 8.44. The summed E-state index contributed by atoms with van der Waals surface area (Å²) in [6.07, 6.45) is 2.07. The van der Waals surface area contributed by atoms with Crippen LogP contribution in [0.3, 0.4) is 0 Å². The fourth-order valence-electron chi connectivity index (χ4n) is 2.68. The van der Waals surface area contributed by atoms with E-state index in [2.05, 4.69) is 21.7 Å². The normalized spacial score (nSPS) is 10.8. The van der Waals surface area contributed by atoms with Crippen LogP contribution in [0.4, 0.5) is 5.69 Å². The lowest BCUT2D eigenvalue weighted by Crippen LogP contribution is -2.27. The van der Waals surface area contributed by atoms with Gasteiger partial charge in [-0.25, -0.2) is 0 Å². The SMILES string of the molecule is COc1ccccc1NC(=O)CCN(Cc1ccco1)Cc1cccs1. The summed E-state index contributed by atoms with van der Waals surface area (Å²) < 4.78 is 10.7. The molecule has 1 N–H and O–H groups in total. The molecule has 136 valence electrons. The van der Waals surface area contributed by atoms with Gasteiger partial charge in [-0.05, 0) is 35.7 Å². The van der Waals surface area contributed by atoms with Gasteiger partial charge < -0.3 is 14.5 Å². The molecule has 3 aromatic rings. The third kappa shape index (κ3) is 5.21. The number of para-hydroxylation sites is 2. The van der Waals surface area contributed by atoms with Gasteiger partial charge >= 0.3 is 0 Å². The topological polar surface area (TPSA) is 54.7 Å². The number of hydrogen-bond donors (Lipinski definition) is 1. The number of benzene rings is 1. The molecule has 3 rings (SSSR count). The van der Waals surface area contributed by atoms with Crippen molar-refractivity contribution in [1.29, 1.82) is 0 Å². The molecule has 0 fully saturated rings. The number of rotatable bonds is 9. The number of carbonyl (C=O) groups is 1. The Bertz CT molecular complexity index is 764. The molecule has 0 spiro atoms. The third-order valence-electron chi connectivity index (χ3n) is 3.96. The number of nitrogens with zero attached hydrogens (tertiary/aromatic N) is 1. The average Bonchev–Trinajstić information content (AvgIpc) is 3.34. The molecule has 6 heteroatoms. The van der Waals surface area contributed by atoms with Crippen LogP contribution in [-0.4, -0.2) is 24.5 Å². The highest BCUT2D eigenvalue weighted by Gasteiger charge is 2.13. The number of nitrogens with one attached hydrogen (secondary N) is 1. The lowest BCUT2D eigenvalue weighted by molar-refractivity contribution is -0.116. The van der Waals surface area contributed by atoms with E-state index in [-0.39, 0.29) is 5.91 Å². The molecule has 26 heavy (non-hydrogen) atoms. The Balaban J connectivity index is 1.58. The highest BCUT2D eigenvalue weighted by atomic mass is 32.1. The average molecular weight is 370 g/mol. The fraction of sp³-hybridized carbons (Fsp3) is 0.250. The molecule has 0 unspecified atom stereocenters. The van der Waals surface area contributed by atoms with Gasteiger partial charge in [-0.15, -0.1) is 11.3 Å². The Morgan fingerprint density at radius 3 is 2.77 bits per heavy atom. The molecule has 0 atom stereocenters. The van der Waals surface area contributed by atoms with E-state index in [0.29, 0.717) is 30.9 Å². The highest BCUT2D eigenvalue weighted by Crippen LogP contribution is 2.23. The molecule has 0 aliphatic carbocycles. The Kier molecular flexibility index (Phi) is 6.46. The summed E-state index contributed by atoms with van der Waals surface area (Å²) in [6, 6.07) is 15.4. The smallest absolute Gasteiger partial charge is 0.225 e. The van der Waals surface area contributed by atoms with Crippen LogP contribution >= 0.6 is 11.3 Å². The van der Waals surface area contributed by atoms with Crippen LogP contribution in [0.1, 0.15) is 17.1 Å². The van der Waals surface area contributed by atoms with Crippen LogP contribution in [-0.2, 0) is 17.9 Å². The molecule has 0 aliphatic heterocycles. The maximum absolute atomic E-state index is 12.4. The fourth-order valence-corrected chi connectivity index (χ4v) is 3.43. The number of furan rings is 1. The van der Waals surface area contributed by atoms with E-state index in [1.54, 1.807) is 24.7 Å². The van der Waals surface area contributed by atoms with E-state index in [4.69, 9.17) is 9.15 Å². The van der Waals surface area contributed by atoms with Crippen molar-refractivity contribution in [3.8, 4) is 5.75 Å². The summed E-state index contributed by atoms with van der Waals surface area (Å²) in [6.45, 7) is 2.10. The molecule has 2 heterocycles. The van der Waals surface area contributed by atoms with Crippen LogP contribution in [0.5, 0.6) is 5.75 Å². The van der Waals surface area contributed by atoms with E-state index in [9.17, 15) is 4.79 Å². The summed E-state index contributed by atoms with van der Waals surface area (Å²) in [5.41, 5.74) is 0.691. The van der Waals surface area contributed by atoms with Gasteiger partial charge in [-0.2, -0.15) is 0 Å². The first-order chi connectivity index (χ1) is 12.7. The highest BCUT2D eigenvalue weighted by molar-refractivity contribution is 7.09. The van der Waals surface area contributed by atoms with Crippen molar-refractivity contribution in [2.75, 3.05) is 19.0 Å². The summed E-state index contributed by atoms with van der Waals surface area (Å²) >= 11 is 1.72. The van der Waals surface area contributed by atoms with Crippen LogP contribution in [0.25, 0.3) is 0 Å². The van der Waals surface area contributed by atoms with Crippen molar-refractivity contribution in [3.63, 3.8) is 0 Å². The maximum atomic E-state index is 12.4. The van der Waals surface area contributed by atoms with E-state index < -0.39 is 0 Å². The molecular formula is C20H22N2O3S. The van der Waals surface area contributed by atoms with E-state index in [0.717, 1.165) is 12.3 Å². The van der Waals surface area contributed by atoms with Crippen LogP contribution < -0.4 is 10.1 Å². The van der Waals surface area contributed by atoms with Crippen LogP contribution in [0, 0.1) is 0 Å². The van der Waals surface area contributed by atoms with E-state index in [1.165, 1.54) is 4.88 Å². The molecule has 5 nitrogen and oxygen atoms in total. The minimum Gasteiger partial charge on any atom is -0.495 e. The zero-order valence-electron chi connectivity index (χ0n) is 14.7. The minimum atomic E-state index is -0.0369. The van der Waals surface area contributed by atoms with Crippen LogP contribution in [0.15, 0.2) is 64.6 Å². The van der Waals surface area contributed by atoms with E-state index >= 15 is 0 Å². The third-order valence-corrected chi connectivity index (χ3v) is 4.82. The van der Waals surface area contributed by atoms with Crippen molar-refractivity contribution in [2.24, 2.45) is 0 Å². The summed E-state index contributed by atoms with van der Waals surface area (Å²) in [4.78, 5) is 15.9. The Morgan fingerprint density at radius 2 is 2.04 bits per heavy atom. The number of thiophene rings is 1. The van der Waals surface area contributed by atoms with Gasteiger partial charge in [0.05, 0.1) is 25.6 Å². The number of anilines is 1. The van der Waals surface area contributed by atoms with Gasteiger partial charge in [0.25, 0.3) is 0 Å². The first-order valence-corrected chi connectivity index (χ1v) is 9.32.